The topological polar surface area (TPSA) is 108 Å². The van der Waals surface area contributed by atoms with Crippen molar-refractivity contribution in [3.8, 4) is 0 Å². The Morgan fingerprint density at radius 3 is 2.56 bits per heavy atom. The van der Waals surface area contributed by atoms with Gasteiger partial charge in [-0.3, -0.25) is 4.79 Å². The second-order valence-electron chi connectivity index (χ2n) is 10.2. The summed E-state index contributed by atoms with van der Waals surface area (Å²) >= 11 is 0. The highest BCUT2D eigenvalue weighted by molar-refractivity contribution is 5.76. The van der Waals surface area contributed by atoms with Crippen molar-refractivity contribution in [1.82, 2.24) is 10.6 Å². The van der Waals surface area contributed by atoms with Gasteiger partial charge in [-0.2, -0.15) is 0 Å². The van der Waals surface area contributed by atoms with Crippen LogP contribution in [0, 0.1) is 28.5 Å². The molecule has 0 aromatic heterocycles. The summed E-state index contributed by atoms with van der Waals surface area (Å²) in [7, 11) is 0. The molecule has 2 aliphatic rings. The average molecular weight is 477 g/mol. The summed E-state index contributed by atoms with van der Waals surface area (Å²) in [6.07, 6.45) is 2.47. The van der Waals surface area contributed by atoms with Gasteiger partial charge in [0.05, 0.1) is 12.7 Å². The third-order valence-electron chi connectivity index (χ3n) is 8.12. The molecular formula is C26H37FN2O5. The van der Waals surface area contributed by atoms with Gasteiger partial charge in [-0.05, 0) is 60.6 Å². The van der Waals surface area contributed by atoms with Gasteiger partial charge in [-0.25, -0.2) is 9.18 Å². The maximum atomic E-state index is 13.1. The molecule has 0 heterocycles. The Bertz CT molecular complexity index is 878. The van der Waals surface area contributed by atoms with Gasteiger partial charge >= 0.3 is 6.09 Å². The van der Waals surface area contributed by atoms with Gasteiger partial charge in [0.1, 0.15) is 11.9 Å². The number of hydrogen-bond acceptors (Lipinski definition) is 5. The van der Waals surface area contributed by atoms with E-state index in [9.17, 15) is 24.2 Å². The number of amides is 2. The molecule has 6 atom stereocenters. The normalized spacial score (nSPS) is 32.9. The van der Waals surface area contributed by atoms with Crippen LogP contribution in [-0.4, -0.2) is 47.6 Å². The summed E-state index contributed by atoms with van der Waals surface area (Å²) in [6, 6.07) is 5.96. The van der Waals surface area contributed by atoms with E-state index in [4.69, 9.17) is 4.74 Å². The first-order valence-corrected chi connectivity index (χ1v) is 12.0. The second-order valence-corrected chi connectivity index (χ2v) is 10.2. The number of ether oxygens (including phenoxy) is 1. The van der Waals surface area contributed by atoms with Crippen molar-refractivity contribution in [3.63, 3.8) is 0 Å². The predicted octanol–water partition coefficient (Wildman–Crippen LogP) is 3.30. The lowest BCUT2D eigenvalue weighted by Gasteiger charge is -2.60. The Hall–Kier alpha value is -2.45. The van der Waals surface area contributed by atoms with Crippen molar-refractivity contribution in [1.29, 1.82) is 0 Å². The lowest BCUT2D eigenvalue weighted by atomic mass is 9.46. The van der Waals surface area contributed by atoms with Crippen molar-refractivity contribution in [2.45, 2.75) is 64.7 Å². The number of hydrogen-bond donors (Lipinski definition) is 4. The number of rotatable bonds is 8. The molecule has 188 valence electrons. The van der Waals surface area contributed by atoms with E-state index in [-0.39, 0.29) is 43.1 Å². The molecule has 7 nitrogen and oxygen atoms in total. The molecule has 8 heteroatoms. The predicted molar refractivity (Wildman–Crippen MR) is 126 cm³/mol. The Balaban J connectivity index is 1.71. The second kappa shape index (κ2) is 10.9. The van der Waals surface area contributed by atoms with E-state index in [1.54, 1.807) is 18.2 Å². The number of nitrogens with one attached hydrogen (secondary N) is 2. The Morgan fingerprint density at radius 2 is 1.91 bits per heavy atom. The van der Waals surface area contributed by atoms with Crippen LogP contribution in [0.5, 0.6) is 0 Å². The SMILES string of the molecule is C=CCNC(=O)O[C@@H]1CC[C@]2(C)[C@@H](CC[C@@H](O)[C@H]2CC(=O)NCc2ccc(F)cc2)[C@]1(C)CO. The van der Waals surface area contributed by atoms with Crippen LogP contribution in [0.25, 0.3) is 0 Å². The largest absolute Gasteiger partial charge is 0.446 e. The molecule has 1 aromatic carbocycles. The van der Waals surface area contributed by atoms with Crippen LogP contribution in [-0.2, 0) is 16.1 Å². The lowest BCUT2D eigenvalue weighted by molar-refractivity contribution is -0.185. The molecule has 34 heavy (non-hydrogen) atoms. The molecule has 2 amide bonds. The van der Waals surface area contributed by atoms with Crippen LogP contribution in [0.4, 0.5) is 9.18 Å². The molecule has 0 aliphatic heterocycles. The smallest absolute Gasteiger partial charge is 0.407 e. The van der Waals surface area contributed by atoms with Gasteiger partial charge < -0.3 is 25.6 Å². The van der Waals surface area contributed by atoms with Crippen LogP contribution in [0.3, 0.4) is 0 Å². The molecule has 1 aromatic rings. The molecule has 4 N–H and O–H groups in total. The highest BCUT2D eigenvalue weighted by Crippen LogP contribution is 2.61. The zero-order valence-corrected chi connectivity index (χ0v) is 20.1. The number of carbonyl (C=O) groups excluding carboxylic acids is 2. The molecule has 0 unspecified atom stereocenters. The number of aliphatic hydroxyl groups is 2. The summed E-state index contributed by atoms with van der Waals surface area (Å²) in [5.74, 6) is -0.831. The first-order valence-electron chi connectivity index (χ1n) is 12.0. The summed E-state index contributed by atoms with van der Waals surface area (Å²) in [5, 5.41) is 26.8. The summed E-state index contributed by atoms with van der Waals surface area (Å²) < 4.78 is 18.8. The summed E-state index contributed by atoms with van der Waals surface area (Å²) in [4.78, 5) is 25.0. The zero-order chi connectivity index (χ0) is 24.9. The Morgan fingerprint density at radius 1 is 1.21 bits per heavy atom. The van der Waals surface area contributed by atoms with E-state index >= 15 is 0 Å². The standard InChI is InChI=1S/C26H37FN2O5/c1-4-13-28-24(33)34-22-11-12-25(2)19(20(31)9-10-21(25)26(22,3)16-30)14-23(32)29-15-17-5-7-18(27)8-6-17/h4-8,19-22,30-31H,1,9-16H2,2-3H3,(H,28,33)(H,29,32)/t19-,20-,21-,22-,25+,26+/m1/s1. The number of carbonyl (C=O) groups is 2. The van der Waals surface area contributed by atoms with Gasteiger partial charge in [0, 0.05) is 24.9 Å². The minimum atomic E-state index is -0.693. The first-order chi connectivity index (χ1) is 16.1. The fourth-order valence-corrected chi connectivity index (χ4v) is 6.18. The fourth-order valence-electron chi connectivity index (χ4n) is 6.18. The van der Waals surface area contributed by atoms with Crippen LogP contribution in [0.15, 0.2) is 36.9 Å². The van der Waals surface area contributed by atoms with Gasteiger partial charge in [0.25, 0.3) is 0 Å². The molecule has 0 saturated heterocycles. The molecule has 2 fully saturated rings. The molecule has 3 rings (SSSR count). The average Bonchev–Trinajstić information content (AvgIpc) is 2.81. The molecule has 0 spiro atoms. The maximum absolute atomic E-state index is 13.1. The van der Waals surface area contributed by atoms with E-state index in [1.165, 1.54) is 12.1 Å². The van der Waals surface area contributed by atoms with Gasteiger partial charge in [0.15, 0.2) is 0 Å². The number of fused-ring (bicyclic) bond motifs is 1. The molecule has 2 saturated carbocycles. The van der Waals surface area contributed by atoms with Crippen molar-refractivity contribution < 1.29 is 28.9 Å². The van der Waals surface area contributed by atoms with Gasteiger partial charge in [-0.15, -0.1) is 6.58 Å². The van der Waals surface area contributed by atoms with E-state index in [1.807, 2.05) is 6.92 Å². The first kappa shape index (κ1) is 26.2. The van der Waals surface area contributed by atoms with E-state index in [2.05, 4.69) is 24.1 Å². The monoisotopic (exact) mass is 476 g/mol. The van der Waals surface area contributed by atoms with Crippen LogP contribution in [0.2, 0.25) is 0 Å². The molecular weight excluding hydrogens is 439 g/mol. The summed E-state index contributed by atoms with van der Waals surface area (Å²) in [6.45, 7) is 8.01. The van der Waals surface area contributed by atoms with Crippen LogP contribution in [0.1, 0.15) is 51.5 Å². The van der Waals surface area contributed by atoms with Crippen molar-refractivity contribution in [3.05, 3.63) is 48.3 Å². The fraction of sp³-hybridized carbons (Fsp3) is 0.615. The van der Waals surface area contributed by atoms with Gasteiger partial charge in [-0.1, -0.05) is 32.1 Å². The highest BCUT2D eigenvalue weighted by Gasteiger charge is 2.60. The quantitative estimate of drug-likeness (QED) is 0.431. The third-order valence-corrected chi connectivity index (χ3v) is 8.12. The zero-order valence-electron chi connectivity index (χ0n) is 20.1. The minimum Gasteiger partial charge on any atom is -0.446 e. The maximum Gasteiger partial charge on any atom is 0.407 e. The lowest BCUT2D eigenvalue weighted by Crippen LogP contribution is -2.61. The Kier molecular flexibility index (Phi) is 8.36. The number of halogens is 1. The highest BCUT2D eigenvalue weighted by atomic mass is 19.1. The number of aliphatic hydroxyl groups excluding tert-OH is 2. The van der Waals surface area contributed by atoms with Crippen molar-refractivity contribution in [2.75, 3.05) is 13.2 Å². The van der Waals surface area contributed by atoms with E-state index in [0.717, 1.165) is 5.56 Å². The van der Waals surface area contributed by atoms with E-state index in [0.29, 0.717) is 32.2 Å². The van der Waals surface area contributed by atoms with Gasteiger partial charge in [0.2, 0.25) is 5.91 Å². The summed E-state index contributed by atoms with van der Waals surface area (Å²) in [5.41, 5.74) is -0.301. The molecule has 2 aliphatic carbocycles. The Labute approximate surface area is 200 Å². The third kappa shape index (κ3) is 5.44. The molecule has 0 radical (unpaired) electrons. The van der Waals surface area contributed by atoms with Crippen LogP contribution < -0.4 is 10.6 Å². The molecule has 0 bridgehead atoms. The van der Waals surface area contributed by atoms with Crippen molar-refractivity contribution in [2.24, 2.45) is 22.7 Å². The van der Waals surface area contributed by atoms with E-state index < -0.39 is 29.1 Å². The van der Waals surface area contributed by atoms with Crippen molar-refractivity contribution >= 4 is 12.0 Å². The number of benzene rings is 1. The number of alkyl carbamates (subject to hydrolysis) is 1. The van der Waals surface area contributed by atoms with Crippen LogP contribution >= 0.6 is 0 Å². The minimum absolute atomic E-state index is 0.0331.